The van der Waals surface area contributed by atoms with Gasteiger partial charge in [0, 0.05) is 12.7 Å². The van der Waals surface area contributed by atoms with Crippen LogP contribution in [0.3, 0.4) is 0 Å². The zero-order valence-electron chi connectivity index (χ0n) is 12.0. The molecular formula is C15H18N4O2. The lowest BCUT2D eigenvalue weighted by molar-refractivity contribution is -0.383. The number of anilines is 2. The van der Waals surface area contributed by atoms with Gasteiger partial charge in [-0.3, -0.25) is 15.1 Å². The quantitative estimate of drug-likeness (QED) is 0.626. The fourth-order valence-corrected chi connectivity index (χ4v) is 2.13. The Morgan fingerprint density at radius 1 is 1.24 bits per heavy atom. The van der Waals surface area contributed by atoms with E-state index in [1.54, 1.807) is 24.4 Å². The summed E-state index contributed by atoms with van der Waals surface area (Å²) >= 11 is 0. The maximum Gasteiger partial charge on any atom is 0.315 e. The smallest absolute Gasteiger partial charge is 0.315 e. The molecule has 0 radical (unpaired) electrons. The van der Waals surface area contributed by atoms with E-state index in [9.17, 15) is 10.1 Å². The van der Waals surface area contributed by atoms with Crippen molar-refractivity contribution in [2.45, 2.75) is 19.9 Å². The Morgan fingerprint density at radius 3 is 2.62 bits per heavy atom. The van der Waals surface area contributed by atoms with Gasteiger partial charge in [0.05, 0.1) is 16.7 Å². The van der Waals surface area contributed by atoms with Crippen molar-refractivity contribution in [1.29, 1.82) is 0 Å². The van der Waals surface area contributed by atoms with E-state index in [4.69, 9.17) is 0 Å². The summed E-state index contributed by atoms with van der Waals surface area (Å²) in [5.41, 5.74) is 1.89. The second-order valence-electron chi connectivity index (χ2n) is 4.61. The van der Waals surface area contributed by atoms with Gasteiger partial charge in [0.2, 0.25) is 0 Å². The molecule has 2 aromatic rings. The first kappa shape index (κ1) is 14.8. The molecule has 0 aliphatic carbocycles. The fourth-order valence-electron chi connectivity index (χ4n) is 2.13. The van der Waals surface area contributed by atoms with E-state index in [0.717, 1.165) is 5.69 Å². The number of rotatable bonds is 6. The Kier molecular flexibility index (Phi) is 4.71. The van der Waals surface area contributed by atoms with E-state index in [1.165, 1.54) is 0 Å². The van der Waals surface area contributed by atoms with E-state index in [-0.39, 0.29) is 16.7 Å². The minimum absolute atomic E-state index is 0.0575. The van der Waals surface area contributed by atoms with E-state index in [0.29, 0.717) is 17.9 Å². The van der Waals surface area contributed by atoms with Crippen LogP contribution in [0.4, 0.5) is 17.1 Å². The Balaban J connectivity index is 2.31. The third-order valence-corrected chi connectivity index (χ3v) is 3.09. The van der Waals surface area contributed by atoms with Gasteiger partial charge >= 0.3 is 5.69 Å². The van der Waals surface area contributed by atoms with Crippen molar-refractivity contribution in [2.75, 3.05) is 17.2 Å². The number of hydrogen-bond acceptors (Lipinski definition) is 5. The molecule has 0 saturated heterocycles. The largest absolute Gasteiger partial charge is 0.380 e. The van der Waals surface area contributed by atoms with Crippen LogP contribution < -0.4 is 10.6 Å². The highest BCUT2D eigenvalue weighted by atomic mass is 16.6. The molecular weight excluding hydrogens is 268 g/mol. The van der Waals surface area contributed by atoms with Gasteiger partial charge in [0.25, 0.3) is 0 Å². The van der Waals surface area contributed by atoms with Gasteiger partial charge in [0.1, 0.15) is 11.4 Å². The number of nitro benzene ring substituents is 1. The van der Waals surface area contributed by atoms with Crippen LogP contribution in [0.25, 0.3) is 0 Å². The lowest BCUT2D eigenvalue weighted by Crippen LogP contribution is -2.11. The minimum atomic E-state index is -0.370. The van der Waals surface area contributed by atoms with Crippen LogP contribution in [-0.4, -0.2) is 16.5 Å². The molecule has 0 fully saturated rings. The molecule has 0 saturated carbocycles. The first-order valence-corrected chi connectivity index (χ1v) is 6.82. The highest BCUT2D eigenvalue weighted by molar-refractivity contribution is 5.76. The van der Waals surface area contributed by atoms with Gasteiger partial charge < -0.3 is 10.6 Å². The molecule has 0 bridgehead atoms. The number of nitrogens with zero attached hydrogens (tertiary/aromatic N) is 2. The average molecular weight is 286 g/mol. The van der Waals surface area contributed by atoms with Gasteiger partial charge in [-0.25, -0.2) is 0 Å². The first-order valence-electron chi connectivity index (χ1n) is 6.82. The predicted molar refractivity (Wildman–Crippen MR) is 83.5 cm³/mol. The molecule has 1 unspecified atom stereocenters. The summed E-state index contributed by atoms with van der Waals surface area (Å²) < 4.78 is 0. The molecule has 0 aliphatic heterocycles. The highest BCUT2D eigenvalue weighted by Gasteiger charge is 2.20. The summed E-state index contributed by atoms with van der Waals surface area (Å²) in [7, 11) is 0. The second kappa shape index (κ2) is 6.69. The molecule has 1 heterocycles. The van der Waals surface area contributed by atoms with Gasteiger partial charge in [-0.1, -0.05) is 12.1 Å². The topological polar surface area (TPSA) is 80.1 Å². The Morgan fingerprint density at radius 2 is 2.00 bits per heavy atom. The van der Waals surface area contributed by atoms with Crippen molar-refractivity contribution in [3.8, 4) is 0 Å². The number of para-hydroxylation sites is 1. The molecule has 1 aromatic heterocycles. The number of nitro groups is 1. The number of benzene rings is 1. The van der Waals surface area contributed by atoms with E-state index in [2.05, 4.69) is 15.6 Å². The molecule has 1 aromatic carbocycles. The van der Waals surface area contributed by atoms with Gasteiger partial charge in [-0.05, 0) is 38.1 Å². The van der Waals surface area contributed by atoms with Crippen molar-refractivity contribution in [3.05, 3.63) is 58.4 Å². The van der Waals surface area contributed by atoms with Crippen molar-refractivity contribution in [3.63, 3.8) is 0 Å². The molecule has 6 heteroatoms. The fraction of sp³-hybridized carbons (Fsp3) is 0.267. The Bertz CT molecular complexity index is 616. The van der Waals surface area contributed by atoms with Crippen LogP contribution in [0.15, 0.2) is 42.6 Å². The van der Waals surface area contributed by atoms with E-state index < -0.39 is 0 Å². The number of nitrogens with one attached hydrogen (secondary N) is 2. The lowest BCUT2D eigenvalue weighted by atomic mass is 10.1. The van der Waals surface area contributed by atoms with E-state index in [1.807, 2.05) is 32.0 Å². The molecule has 110 valence electrons. The highest BCUT2D eigenvalue weighted by Crippen LogP contribution is 2.34. The molecule has 2 N–H and O–H groups in total. The third kappa shape index (κ3) is 3.47. The average Bonchev–Trinajstić information content (AvgIpc) is 2.48. The molecule has 6 nitrogen and oxygen atoms in total. The third-order valence-electron chi connectivity index (χ3n) is 3.09. The van der Waals surface area contributed by atoms with Crippen LogP contribution in [0.5, 0.6) is 0 Å². The zero-order chi connectivity index (χ0) is 15.2. The normalized spacial score (nSPS) is 11.7. The van der Waals surface area contributed by atoms with Crippen molar-refractivity contribution in [1.82, 2.24) is 4.98 Å². The monoisotopic (exact) mass is 286 g/mol. The molecule has 2 rings (SSSR count). The predicted octanol–water partition coefficient (Wildman–Crippen LogP) is 3.59. The van der Waals surface area contributed by atoms with Crippen LogP contribution in [0.2, 0.25) is 0 Å². The van der Waals surface area contributed by atoms with Crippen LogP contribution in [0.1, 0.15) is 25.6 Å². The number of pyridine rings is 1. The summed E-state index contributed by atoms with van der Waals surface area (Å²) in [4.78, 5) is 15.2. The van der Waals surface area contributed by atoms with Crippen LogP contribution in [0, 0.1) is 10.1 Å². The number of aromatic nitrogens is 1. The SMILES string of the molecule is CCNc1cccc(NC(C)c2ccccn2)c1[N+](=O)[O-]. The number of hydrogen-bond donors (Lipinski definition) is 2. The van der Waals surface area contributed by atoms with Gasteiger partial charge in [-0.15, -0.1) is 0 Å². The van der Waals surface area contributed by atoms with Crippen molar-refractivity contribution >= 4 is 17.1 Å². The standard InChI is InChI=1S/C15H18N4O2/c1-3-16-13-8-6-9-14(15(13)19(20)21)18-11(2)12-7-4-5-10-17-12/h4-11,16,18H,3H2,1-2H3. The second-order valence-corrected chi connectivity index (χ2v) is 4.61. The summed E-state index contributed by atoms with van der Waals surface area (Å²) in [6.45, 7) is 4.45. The van der Waals surface area contributed by atoms with Gasteiger partial charge in [0.15, 0.2) is 0 Å². The van der Waals surface area contributed by atoms with E-state index >= 15 is 0 Å². The van der Waals surface area contributed by atoms with Crippen molar-refractivity contribution < 1.29 is 4.92 Å². The molecule has 0 aliphatic rings. The molecule has 0 amide bonds. The lowest BCUT2D eigenvalue weighted by Gasteiger charge is -2.16. The van der Waals surface area contributed by atoms with Crippen LogP contribution in [-0.2, 0) is 0 Å². The Hall–Kier alpha value is -2.63. The zero-order valence-corrected chi connectivity index (χ0v) is 12.0. The minimum Gasteiger partial charge on any atom is -0.380 e. The molecule has 21 heavy (non-hydrogen) atoms. The summed E-state index contributed by atoms with van der Waals surface area (Å²) in [6, 6.07) is 10.7. The van der Waals surface area contributed by atoms with Crippen molar-refractivity contribution in [2.24, 2.45) is 0 Å². The maximum atomic E-state index is 11.3. The summed E-state index contributed by atoms with van der Waals surface area (Å²) in [5.74, 6) is 0. The van der Waals surface area contributed by atoms with Gasteiger partial charge in [-0.2, -0.15) is 0 Å². The van der Waals surface area contributed by atoms with Crippen LogP contribution >= 0.6 is 0 Å². The maximum absolute atomic E-state index is 11.3. The Labute approximate surface area is 123 Å². The first-order chi connectivity index (χ1) is 10.1. The molecule has 0 spiro atoms. The molecule has 1 atom stereocenters. The summed E-state index contributed by atoms with van der Waals surface area (Å²) in [6.07, 6.45) is 1.71. The summed E-state index contributed by atoms with van der Waals surface area (Å²) in [5, 5.41) is 17.5.